The van der Waals surface area contributed by atoms with Gasteiger partial charge in [-0.3, -0.25) is 18.6 Å². The minimum absolute atomic E-state index is 0.0145. The van der Waals surface area contributed by atoms with Crippen LogP contribution < -0.4 is 5.73 Å². The van der Waals surface area contributed by atoms with Crippen LogP contribution in [0, 0.1) is 0 Å². The standard InChI is InChI=1S/C54H100NO9P/c1-3-5-7-9-11-13-15-17-19-21-23-25-27-29-31-33-35-37-39-41-43-45-47-61-48-51(49-62-65(59,60)63-50-52(55)54(57)58)64-53(56)46-44-42-40-38-36-34-32-30-28-26-24-22-20-18-16-14-12-10-8-6-4-2/h5,7,11,13,17,19,23,25,51-52H,3-4,6,8-10,12,14-16,18,20-22,24,26-50,55H2,1-2H3,(H,57,58)(H,59,60)/b7-5-,13-11-,19-17-,25-23-. The van der Waals surface area contributed by atoms with E-state index in [2.05, 4.69) is 62.5 Å². The molecule has 0 aliphatic carbocycles. The zero-order valence-electron chi connectivity index (χ0n) is 41.8. The van der Waals surface area contributed by atoms with Gasteiger partial charge in [0.2, 0.25) is 0 Å². The highest BCUT2D eigenvalue weighted by Gasteiger charge is 2.27. The van der Waals surface area contributed by atoms with Crippen LogP contribution in [-0.4, -0.2) is 60.5 Å². The maximum Gasteiger partial charge on any atom is 0.472 e. The molecule has 0 aliphatic heterocycles. The maximum absolute atomic E-state index is 12.7. The fourth-order valence-electron chi connectivity index (χ4n) is 7.54. The molecule has 0 saturated carbocycles. The van der Waals surface area contributed by atoms with Crippen molar-refractivity contribution >= 4 is 19.8 Å². The van der Waals surface area contributed by atoms with Gasteiger partial charge in [0.05, 0.1) is 19.8 Å². The van der Waals surface area contributed by atoms with Gasteiger partial charge in [-0.25, -0.2) is 4.57 Å². The molecule has 0 bridgehead atoms. The Morgan fingerprint density at radius 2 is 0.892 bits per heavy atom. The third kappa shape index (κ3) is 49.7. The van der Waals surface area contributed by atoms with E-state index in [0.717, 1.165) is 64.2 Å². The van der Waals surface area contributed by atoms with Crippen LogP contribution >= 0.6 is 7.82 Å². The van der Waals surface area contributed by atoms with Gasteiger partial charge < -0.3 is 25.2 Å². The highest BCUT2D eigenvalue weighted by molar-refractivity contribution is 7.47. The van der Waals surface area contributed by atoms with Gasteiger partial charge in [-0.05, 0) is 51.4 Å². The van der Waals surface area contributed by atoms with Crippen LogP contribution in [0.4, 0.5) is 0 Å². The number of unbranched alkanes of at least 4 members (excludes halogenated alkanes) is 29. The molecule has 11 heteroatoms. The lowest BCUT2D eigenvalue weighted by Gasteiger charge is -2.20. The van der Waals surface area contributed by atoms with Crippen molar-refractivity contribution in [2.45, 2.75) is 257 Å². The number of nitrogens with two attached hydrogens (primary N) is 1. The molecule has 0 aromatic heterocycles. The summed E-state index contributed by atoms with van der Waals surface area (Å²) in [5.74, 6) is -1.77. The largest absolute Gasteiger partial charge is 0.480 e. The van der Waals surface area contributed by atoms with Crippen LogP contribution in [0.5, 0.6) is 0 Å². The van der Waals surface area contributed by atoms with Crippen LogP contribution in [0.15, 0.2) is 48.6 Å². The van der Waals surface area contributed by atoms with Gasteiger partial charge in [0.1, 0.15) is 12.1 Å². The number of carbonyl (C=O) groups is 2. The van der Waals surface area contributed by atoms with E-state index in [0.29, 0.717) is 13.0 Å². The monoisotopic (exact) mass is 938 g/mol. The first-order chi connectivity index (χ1) is 31.7. The Morgan fingerprint density at radius 1 is 0.508 bits per heavy atom. The number of esters is 1. The zero-order valence-corrected chi connectivity index (χ0v) is 42.7. The SMILES string of the molecule is CC/C=C\C/C=C\C/C=C\C/C=C\CCCCCCCCCCCOCC(COP(=O)(O)OCC(N)C(=O)O)OC(=O)CCCCCCCCCCCCCCCCCCCCCCC. The minimum Gasteiger partial charge on any atom is -0.480 e. The molecule has 0 heterocycles. The molecule has 3 atom stereocenters. The van der Waals surface area contributed by atoms with Gasteiger partial charge in [0.15, 0.2) is 0 Å². The molecule has 0 amide bonds. The quantitative estimate of drug-likeness (QED) is 0.0232. The van der Waals surface area contributed by atoms with Crippen molar-refractivity contribution in [1.29, 1.82) is 0 Å². The topological polar surface area (TPSA) is 155 Å². The van der Waals surface area contributed by atoms with Crippen LogP contribution in [0.3, 0.4) is 0 Å². The second-order valence-corrected chi connectivity index (χ2v) is 19.4. The van der Waals surface area contributed by atoms with E-state index in [9.17, 15) is 19.0 Å². The number of hydrogen-bond acceptors (Lipinski definition) is 8. The fourth-order valence-corrected chi connectivity index (χ4v) is 8.32. The first-order valence-electron chi connectivity index (χ1n) is 26.7. The molecule has 0 radical (unpaired) electrons. The van der Waals surface area contributed by atoms with E-state index in [1.165, 1.54) is 154 Å². The molecule has 0 saturated heterocycles. The van der Waals surface area contributed by atoms with E-state index < -0.39 is 45.1 Å². The van der Waals surface area contributed by atoms with Crippen molar-refractivity contribution in [3.05, 3.63) is 48.6 Å². The normalized spacial score (nSPS) is 14.0. The lowest BCUT2D eigenvalue weighted by molar-refractivity contribution is -0.154. The highest BCUT2D eigenvalue weighted by atomic mass is 31.2. The lowest BCUT2D eigenvalue weighted by Crippen LogP contribution is -2.34. The molecule has 0 fully saturated rings. The number of aliphatic carboxylic acids is 1. The highest BCUT2D eigenvalue weighted by Crippen LogP contribution is 2.43. The molecule has 65 heavy (non-hydrogen) atoms. The van der Waals surface area contributed by atoms with Gasteiger partial charge in [-0.2, -0.15) is 0 Å². The number of phosphoric ester groups is 1. The summed E-state index contributed by atoms with van der Waals surface area (Å²) in [6.45, 7) is 3.80. The third-order valence-electron chi connectivity index (χ3n) is 11.6. The van der Waals surface area contributed by atoms with Crippen molar-refractivity contribution < 1.29 is 42.7 Å². The summed E-state index contributed by atoms with van der Waals surface area (Å²) in [7, 11) is -4.62. The average molecular weight is 938 g/mol. The molecule has 4 N–H and O–H groups in total. The van der Waals surface area contributed by atoms with E-state index in [1.807, 2.05) is 0 Å². The van der Waals surface area contributed by atoms with Crippen LogP contribution in [0.2, 0.25) is 0 Å². The number of carbonyl (C=O) groups excluding carboxylic acids is 1. The molecule has 380 valence electrons. The summed E-state index contributed by atoms with van der Waals surface area (Å²) in [6.07, 6.45) is 60.3. The molecule has 0 aromatic carbocycles. The Hall–Kier alpha value is -2.07. The Balaban J connectivity index is 4.11. The van der Waals surface area contributed by atoms with Gasteiger partial charge in [0, 0.05) is 13.0 Å². The summed E-state index contributed by atoms with van der Waals surface area (Å²) in [5.41, 5.74) is 5.38. The predicted molar refractivity (Wildman–Crippen MR) is 272 cm³/mol. The Bertz CT molecular complexity index is 1220. The van der Waals surface area contributed by atoms with Crippen molar-refractivity contribution in [2.24, 2.45) is 5.73 Å². The van der Waals surface area contributed by atoms with Crippen LogP contribution in [0.25, 0.3) is 0 Å². The maximum atomic E-state index is 12.7. The van der Waals surface area contributed by atoms with Crippen molar-refractivity contribution in [3.8, 4) is 0 Å². The second kappa shape index (κ2) is 49.8. The van der Waals surface area contributed by atoms with Crippen LogP contribution in [-0.2, 0) is 32.7 Å². The minimum atomic E-state index is -4.62. The van der Waals surface area contributed by atoms with E-state index >= 15 is 0 Å². The third-order valence-corrected chi connectivity index (χ3v) is 12.6. The molecule has 0 aliphatic rings. The summed E-state index contributed by atoms with van der Waals surface area (Å²) in [4.78, 5) is 33.7. The summed E-state index contributed by atoms with van der Waals surface area (Å²) in [6, 6.07) is -1.47. The first kappa shape index (κ1) is 62.9. The number of hydrogen-bond donors (Lipinski definition) is 3. The van der Waals surface area contributed by atoms with Crippen molar-refractivity contribution in [1.82, 2.24) is 0 Å². The first-order valence-corrected chi connectivity index (χ1v) is 28.2. The number of carboxylic acids is 1. The van der Waals surface area contributed by atoms with E-state index in [1.54, 1.807) is 0 Å². The Kier molecular flexibility index (Phi) is 48.2. The summed E-state index contributed by atoms with van der Waals surface area (Å²) in [5, 5.41) is 8.94. The Labute approximate surface area is 399 Å². The number of allylic oxidation sites excluding steroid dienone is 8. The average Bonchev–Trinajstić information content (AvgIpc) is 3.29. The second-order valence-electron chi connectivity index (χ2n) is 18.0. The molecule has 10 nitrogen and oxygen atoms in total. The molecular weight excluding hydrogens is 838 g/mol. The summed E-state index contributed by atoms with van der Waals surface area (Å²) >= 11 is 0. The number of carboxylic acid groups (broad SMARTS) is 1. The van der Waals surface area contributed by atoms with Gasteiger partial charge in [-0.1, -0.05) is 236 Å². The predicted octanol–water partition coefficient (Wildman–Crippen LogP) is 15.8. The fraction of sp³-hybridized carbons (Fsp3) is 0.815. The number of phosphoric acid groups is 1. The molecular formula is C54H100NO9P. The van der Waals surface area contributed by atoms with Gasteiger partial charge in [-0.15, -0.1) is 0 Å². The smallest absolute Gasteiger partial charge is 0.472 e. The Morgan fingerprint density at radius 3 is 1.34 bits per heavy atom. The van der Waals surface area contributed by atoms with Gasteiger partial charge >= 0.3 is 19.8 Å². The van der Waals surface area contributed by atoms with Crippen molar-refractivity contribution in [3.63, 3.8) is 0 Å². The summed E-state index contributed by atoms with van der Waals surface area (Å²) < 4.78 is 33.6. The molecule has 3 unspecified atom stereocenters. The van der Waals surface area contributed by atoms with Crippen molar-refractivity contribution in [2.75, 3.05) is 26.4 Å². The number of rotatable bonds is 51. The van der Waals surface area contributed by atoms with Crippen LogP contribution in [0.1, 0.15) is 245 Å². The van der Waals surface area contributed by atoms with E-state index in [4.69, 9.17) is 29.4 Å². The molecule has 0 spiro atoms. The van der Waals surface area contributed by atoms with Gasteiger partial charge in [0.25, 0.3) is 0 Å². The van der Waals surface area contributed by atoms with E-state index in [-0.39, 0.29) is 13.0 Å². The molecule has 0 aromatic rings. The zero-order chi connectivity index (χ0) is 47.6. The molecule has 0 rings (SSSR count). The number of ether oxygens (including phenoxy) is 2. The lowest BCUT2D eigenvalue weighted by atomic mass is 10.0.